The van der Waals surface area contributed by atoms with Crippen LogP contribution in [0.5, 0.6) is 11.5 Å². The average molecular weight is 275 g/mol. The highest BCUT2D eigenvalue weighted by Gasteiger charge is 2.19. The Balaban J connectivity index is 2.62. The summed E-state index contributed by atoms with van der Waals surface area (Å²) in [6, 6.07) is 5.78. The number of aromatic nitrogens is 2. The molecule has 5 heteroatoms. The van der Waals surface area contributed by atoms with Gasteiger partial charge in [-0.15, -0.1) is 0 Å². The lowest BCUT2D eigenvalue weighted by molar-refractivity contribution is 0.355. The highest BCUT2D eigenvalue weighted by atomic mass is 16.5. The Kier molecular flexibility index (Phi) is 3.88. The molecule has 20 heavy (non-hydrogen) atoms. The molecule has 2 aromatic rings. The van der Waals surface area contributed by atoms with Gasteiger partial charge in [0.05, 0.1) is 19.9 Å². The molecular weight excluding hydrogens is 254 g/mol. The van der Waals surface area contributed by atoms with E-state index in [0.29, 0.717) is 23.2 Å². The number of nitrogens with zero attached hydrogens (tertiary/aromatic N) is 2. The zero-order valence-electron chi connectivity index (χ0n) is 12.6. The van der Waals surface area contributed by atoms with Crippen molar-refractivity contribution in [2.24, 2.45) is 7.05 Å². The smallest absolute Gasteiger partial charge is 0.161 e. The predicted molar refractivity (Wildman–Crippen MR) is 80.2 cm³/mol. The molecule has 0 amide bonds. The molecule has 1 aromatic carbocycles. The van der Waals surface area contributed by atoms with E-state index in [9.17, 15) is 0 Å². The fraction of sp³-hybridized carbons (Fsp3) is 0.400. The molecular formula is C15H21N3O2. The molecule has 0 unspecified atom stereocenters. The topological polar surface area (TPSA) is 62.3 Å². The second-order valence-corrected chi connectivity index (χ2v) is 4.99. The van der Waals surface area contributed by atoms with E-state index in [4.69, 9.17) is 15.2 Å². The van der Waals surface area contributed by atoms with Crippen molar-refractivity contribution in [1.82, 2.24) is 9.78 Å². The SMILES string of the molecule is COc1ccc(-c2c(C(C)C)nn(C)c2N)cc1OC. The molecule has 0 atom stereocenters. The van der Waals surface area contributed by atoms with E-state index in [2.05, 4.69) is 18.9 Å². The molecule has 108 valence electrons. The highest BCUT2D eigenvalue weighted by molar-refractivity contribution is 5.78. The summed E-state index contributed by atoms with van der Waals surface area (Å²) in [5, 5.41) is 4.50. The van der Waals surface area contributed by atoms with Crippen molar-refractivity contribution in [1.29, 1.82) is 0 Å². The first-order valence-electron chi connectivity index (χ1n) is 6.54. The third kappa shape index (κ3) is 2.31. The van der Waals surface area contributed by atoms with Crippen LogP contribution >= 0.6 is 0 Å². The second-order valence-electron chi connectivity index (χ2n) is 4.99. The highest BCUT2D eigenvalue weighted by Crippen LogP contribution is 2.38. The van der Waals surface area contributed by atoms with Gasteiger partial charge in [-0.25, -0.2) is 0 Å². The lowest BCUT2D eigenvalue weighted by Gasteiger charge is -2.11. The van der Waals surface area contributed by atoms with Crippen LogP contribution in [0.25, 0.3) is 11.1 Å². The molecule has 0 aliphatic heterocycles. The average Bonchev–Trinajstić information content (AvgIpc) is 2.74. The van der Waals surface area contributed by atoms with Crippen LogP contribution in [-0.2, 0) is 7.05 Å². The van der Waals surface area contributed by atoms with Crippen LogP contribution in [0.15, 0.2) is 18.2 Å². The third-order valence-electron chi connectivity index (χ3n) is 3.34. The zero-order valence-corrected chi connectivity index (χ0v) is 12.6. The molecule has 5 nitrogen and oxygen atoms in total. The van der Waals surface area contributed by atoms with Crippen molar-refractivity contribution in [2.75, 3.05) is 20.0 Å². The van der Waals surface area contributed by atoms with E-state index in [1.807, 2.05) is 25.2 Å². The van der Waals surface area contributed by atoms with Crippen molar-refractivity contribution in [3.8, 4) is 22.6 Å². The van der Waals surface area contributed by atoms with Crippen molar-refractivity contribution >= 4 is 5.82 Å². The van der Waals surface area contributed by atoms with Crippen molar-refractivity contribution in [3.05, 3.63) is 23.9 Å². The monoisotopic (exact) mass is 275 g/mol. The van der Waals surface area contributed by atoms with Gasteiger partial charge >= 0.3 is 0 Å². The number of rotatable bonds is 4. The van der Waals surface area contributed by atoms with E-state index >= 15 is 0 Å². The largest absolute Gasteiger partial charge is 0.493 e. The van der Waals surface area contributed by atoms with Crippen LogP contribution < -0.4 is 15.2 Å². The molecule has 0 aliphatic carbocycles. The number of anilines is 1. The Morgan fingerprint density at radius 3 is 2.35 bits per heavy atom. The molecule has 2 rings (SSSR count). The Morgan fingerprint density at radius 2 is 1.80 bits per heavy atom. The number of benzene rings is 1. The van der Waals surface area contributed by atoms with Crippen LogP contribution in [-0.4, -0.2) is 24.0 Å². The minimum absolute atomic E-state index is 0.293. The number of hydrogen-bond acceptors (Lipinski definition) is 4. The quantitative estimate of drug-likeness (QED) is 0.932. The van der Waals surface area contributed by atoms with Gasteiger partial charge in [-0.05, 0) is 23.6 Å². The van der Waals surface area contributed by atoms with Crippen molar-refractivity contribution < 1.29 is 9.47 Å². The summed E-state index contributed by atoms with van der Waals surface area (Å²) in [6.45, 7) is 4.21. The van der Waals surface area contributed by atoms with E-state index < -0.39 is 0 Å². The van der Waals surface area contributed by atoms with Crippen LogP contribution in [0.1, 0.15) is 25.5 Å². The lowest BCUT2D eigenvalue weighted by atomic mass is 9.99. The number of hydrogen-bond donors (Lipinski definition) is 1. The van der Waals surface area contributed by atoms with Gasteiger partial charge in [0, 0.05) is 12.6 Å². The summed E-state index contributed by atoms with van der Waals surface area (Å²) >= 11 is 0. The fourth-order valence-corrected chi connectivity index (χ4v) is 2.25. The lowest BCUT2D eigenvalue weighted by Crippen LogP contribution is -1.98. The molecule has 0 aliphatic rings. The maximum atomic E-state index is 6.16. The van der Waals surface area contributed by atoms with E-state index in [1.165, 1.54) is 0 Å². The first-order valence-corrected chi connectivity index (χ1v) is 6.54. The number of nitrogen functional groups attached to an aromatic ring is 1. The summed E-state index contributed by atoms with van der Waals surface area (Å²) in [7, 11) is 5.10. The van der Waals surface area contributed by atoms with Gasteiger partial charge in [0.1, 0.15) is 5.82 Å². The van der Waals surface area contributed by atoms with Crippen LogP contribution in [0, 0.1) is 0 Å². The molecule has 1 heterocycles. The first-order chi connectivity index (χ1) is 9.49. The van der Waals surface area contributed by atoms with Gasteiger partial charge in [-0.1, -0.05) is 19.9 Å². The minimum atomic E-state index is 0.293. The van der Waals surface area contributed by atoms with Crippen LogP contribution in [0.2, 0.25) is 0 Å². The molecule has 0 fully saturated rings. The Morgan fingerprint density at radius 1 is 1.15 bits per heavy atom. The van der Waals surface area contributed by atoms with Crippen LogP contribution in [0.4, 0.5) is 5.82 Å². The van der Waals surface area contributed by atoms with E-state index in [1.54, 1.807) is 18.9 Å². The standard InChI is InChI=1S/C15H21N3O2/c1-9(2)14-13(15(16)18(3)17-14)10-6-7-11(19-4)12(8-10)20-5/h6-9H,16H2,1-5H3. The van der Waals surface area contributed by atoms with Gasteiger partial charge in [0.25, 0.3) is 0 Å². The number of aryl methyl sites for hydroxylation is 1. The maximum absolute atomic E-state index is 6.16. The summed E-state index contributed by atoms with van der Waals surface area (Å²) in [6.07, 6.45) is 0. The predicted octanol–water partition coefficient (Wildman–Crippen LogP) is 2.81. The first kappa shape index (κ1) is 14.2. The maximum Gasteiger partial charge on any atom is 0.161 e. The number of ether oxygens (including phenoxy) is 2. The molecule has 0 bridgehead atoms. The van der Waals surface area contributed by atoms with Crippen molar-refractivity contribution in [3.63, 3.8) is 0 Å². The molecule has 2 N–H and O–H groups in total. The molecule has 0 saturated carbocycles. The van der Waals surface area contributed by atoms with E-state index in [0.717, 1.165) is 16.8 Å². The molecule has 0 spiro atoms. The van der Waals surface area contributed by atoms with Gasteiger partial charge in [-0.2, -0.15) is 5.10 Å². The van der Waals surface area contributed by atoms with Gasteiger partial charge in [0.15, 0.2) is 11.5 Å². The summed E-state index contributed by atoms with van der Waals surface area (Å²) in [5.41, 5.74) is 9.09. The van der Waals surface area contributed by atoms with Crippen LogP contribution in [0.3, 0.4) is 0 Å². The fourth-order valence-electron chi connectivity index (χ4n) is 2.25. The Hall–Kier alpha value is -2.17. The molecule has 1 aromatic heterocycles. The van der Waals surface area contributed by atoms with E-state index in [-0.39, 0.29) is 0 Å². The Labute approximate surface area is 119 Å². The van der Waals surface area contributed by atoms with Gasteiger partial charge < -0.3 is 15.2 Å². The molecule has 0 saturated heterocycles. The number of methoxy groups -OCH3 is 2. The summed E-state index contributed by atoms with van der Waals surface area (Å²) < 4.78 is 12.3. The Bertz CT molecular complexity index is 618. The van der Waals surface area contributed by atoms with Gasteiger partial charge in [0.2, 0.25) is 0 Å². The normalized spacial score (nSPS) is 10.9. The second kappa shape index (κ2) is 5.45. The van der Waals surface area contributed by atoms with Gasteiger partial charge in [-0.3, -0.25) is 4.68 Å². The van der Waals surface area contributed by atoms with Crippen molar-refractivity contribution in [2.45, 2.75) is 19.8 Å². The molecule has 0 radical (unpaired) electrons. The minimum Gasteiger partial charge on any atom is -0.493 e. The summed E-state index contributed by atoms with van der Waals surface area (Å²) in [4.78, 5) is 0. The number of nitrogens with two attached hydrogens (primary N) is 1. The summed E-state index contributed by atoms with van der Waals surface area (Å²) in [5.74, 6) is 2.33. The zero-order chi connectivity index (χ0) is 14.9. The third-order valence-corrected chi connectivity index (χ3v) is 3.34.